The van der Waals surface area contributed by atoms with Crippen LogP contribution in [0.3, 0.4) is 0 Å². The Morgan fingerprint density at radius 3 is 2.45 bits per heavy atom. The molecule has 0 bridgehead atoms. The lowest BCUT2D eigenvalue weighted by atomic mass is 10.2. The monoisotopic (exact) mass is 334 g/mol. The highest BCUT2D eigenvalue weighted by molar-refractivity contribution is 9.10. The first kappa shape index (κ1) is 14.2. The molecule has 1 aromatic heterocycles. The number of pyridine rings is 1. The quantitative estimate of drug-likeness (QED) is 0.900. The third-order valence-corrected chi connectivity index (χ3v) is 3.14. The molecule has 6 heteroatoms. The number of nitrogens with zero attached hydrogens (tertiary/aromatic N) is 1. The van der Waals surface area contributed by atoms with Crippen molar-refractivity contribution in [3.63, 3.8) is 0 Å². The molecule has 102 valence electrons. The lowest BCUT2D eigenvalue weighted by Gasteiger charge is -2.06. The minimum absolute atomic E-state index is 0.0127. The third kappa shape index (κ3) is 3.64. The number of aromatic nitrogens is 1. The predicted octanol–water partition coefficient (Wildman–Crippen LogP) is 2.47. The van der Waals surface area contributed by atoms with Crippen molar-refractivity contribution in [1.82, 2.24) is 10.3 Å². The van der Waals surface area contributed by atoms with Gasteiger partial charge in [0, 0.05) is 23.4 Å². The van der Waals surface area contributed by atoms with Crippen molar-refractivity contribution in [2.24, 2.45) is 0 Å². The second-order valence-corrected chi connectivity index (χ2v) is 4.99. The topological polar surface area (TPSA) is 79.3 Å². The number of carboxylic acids is 1. The van der Waals surface area contributed by atoms with Crippen molar-refractivity contribution in [3.05, 3.63) is 63.9 Å². The molecule has 0 unspecified atom stereocenters. The highest BCUT2D eigenvalue weighted by Crippen LogP contribution is 2.10. The van der Waals surface area contributed by atoms with Crippen LogP contribution in [0.1, 0.15) is 26.3 Å². The summed E-state index contributed by atoms with van der Waals surface area (Å²) in [6, 6.07) is 8.83. The Bertz CT molecular complexity index is 641. The fourth-order valence-corrected chi connectivity index (χ4v) is 1.83. The van der Waals surface area contributed by atoms with E-state index in [-0.39, 0.29) is 17.0 Å². The number of aromatic carboxylic acids is 1. The molecule has 2 aromatic rings. The van der Waals surface area contributed by atoms with Gasteiger partial charge in [0.05, 0.1) is 11.1 Å². The van der Waals surface area contributed by atoms with Crippen LogP contribution < -0.4 is 5.32 Å². The lowest BCUT2D eigenvalue weighted by molar-refractivity contribution is 0.0696. The van der Waals surface area contributed by atoms with Crippen LogP contribution in [0.4, 0.5) is 0 Å². The number of nitrogens with one attached hydrogen (secondary N) is 1. The molecular formula is C14H11BrN2O3. The number of carboxylic acid groups (broad SMARTS) is 1. The van der Waals surface area contributed by atoms with Crippen LogP contribution in [0, 0.1) is 0 Å². The van der Waals surface area contributed by atoms with Gasteiger partial charge in [-0.05, 0) is 23.8 Å². The van der Waals surface area contributed by atoms with Crippen molar-refractivity contribution in [2.75, 3.05) is 0 Å². The second kappa shape index (κ2) is 6.29. The molecule has 0 saturated carbocycles. The van der Waals surface area contributed by atoms with E-state index in [1.54, 1.807) is 0 Å². The molecular weight excluding hydrogens is 324 g/mol. The number of carbonyl (C=O) groups is 2. The first-order valence-electron chi connectivity index (χ1n) is 5.77. The summed E-state index contributed by atoms with van der Waals surface area (Å²) < 4.78 is 0.964. The van der Waals surface area contributed by atoms with Crippen molar-refractivity contribution in [1.29, 1.82) is 0 Å². The predicted molar refractivity (Wildman–Crippen MR) is 76.5 cm³/mol. The van der Waals surface area contributed by atoms with Crippen molar-refractivity contribution >= 4 is 27.8 Å². The molecule has 1 heterocycles. The molecule has 0 spiro atoms. The Morgan fingerprint density at radius 1 is 1.15 bits per heavy atom. The van der Waals surface area contributed by atoms with Crippen LogP contribution >= 0.6 is 15.9 Å². The second-order valence-electron chi connectivity index (χ2n) is 4.08. The first-order valence-corrected chi connectivity index (χ1v) is 6.56. The zero-order chi connectivity index (χ0) is 14.5. The Morgan fingerprint density at radius 2 is 1.80 bits per heavy atom. The maximum atomic E-state index is 11.9. The van der Waals surface area contributed by atoms with Gasteiger partial charge < -0.3 is 10.4 Å². The van der Waals surface area contributed by atoms with Gasteiger partial charge in [-0.15, -0.1) is 0 Å². The molecule has 0 aliphatic carbocycles. The van der Waals surface area contributed by atoms with Gasteiger partial charge in [0.15, 0.2) is 0 Å². The molecule has 0 atom stereocenters. The van der Waals surface area contributed by atoms with Gasteiger partial charge in [0.25, 0.3) is 5.91 Å². The first-order chi connectivity index (χ1) is 9.56. The Balaban J connectivity index is 2.03. The van der Waals surface area contributed by atoms with E-state index in [2.05, 4.69) is 26.2 Å². The number of carbonyl (C=O) groups excluding carboxylic acids is 1. The van der Waals surface area contributed by atoms with Gasteiger partial charge in [-0.1, -0.05) is 28.1 Å². The summed E-state index contributed by atoms with van der Waals surface area (Å²) in [6.07, 6.45) is 2.54. The minimum Gasteiger partial charge on any atom is -0.478 e. The largest absolute Gasteiger partial charge is 0.478 e. The van der Waals surface area contributed by atoms with Crippen molar-refractivity contribution < 1.29 is 14.7 Å². The van der Waals surface area contributed by atoms with Crippen LogP contribution in [-0.2, 0) is 6.54 Å². The van der Waals surface area contributed by atoms with Gasteiger partial charge in [-0.3, -0.25) is 9.78 Å². The maximum absolute atomic E-state index is 11.9. The Kier molecular flexibility index (Phi) is 4.47. The molecule has 2 N–H and O–H groups in total. The van der Waals surface area contributed by atoms with Gasteiger partial charge >= 0.3 is 5.97 Å². The lowest BCUT2D eigenvalue weighted by Crippen LogP contribution is -2.23. The molecule has 2 rings (SSSR count). The number of hydrogen-bond acceptors (Lipinski definition) is 3. The smallest absolute Gasteiger partial charge is 0.337 e. The van der Waals surface area contributed by atoms with Gasteiger partial charge in [0.2, 0.25) is 0 Å². The van der Waals surface area contributed by atoms with Gasteiger partial charge in [-0.25, -0.2) is 4.79 Å². The average molecular weight is 335 g/mol. The van der Waals surface area contributed by atoms with E-state index >= 15 is 0 Å². The molecule has 5 nitrogen and oxygen atoms in total. The normalized spacial score (nSPS) is 10.1. The summed E-state index contributed by atoms with van der Waals surface area (Å²) in [5, 5.41) is 11.6. The molecule has 1 amide bonds. The van der Waals surface area contributed by atoms with E-state index in [1.807, 2.05) is 24.3 Å². The summed E-state index contributed by atoms with van der Waals surface area (Å²) in [5.74, 6) is -1.47. The highest BCUT2D eigenvalue weighted by atomic mass is 79.9. The van der Waals surface area contributed by atoms with E-state index in [1.165, 1.54) is 18.5 Å². The van der Waals surface area contributed by atoms with Crippen molar-refractivity contribution in [2.45, 2.75) is 6.54 Å². The van der Waals surface area contributed by atoms with Crippen LogP contribution in [0.5, 0.6) is 0 Å². The molecule has 0 radical (unpaired) electrons. The summed E-state index contributed by atoms with van der Waals surface area (Å²) in [6.45, 7) is 0.364. The maximum Gasteiger partial charge on any atom is 0.337 e. The molecule has 1 aromatic carbocycles. The molecule has 0 aliphatic rings. The number of amides is 1. The Hall–Kier alpha value is -2.21. The van der Waals surface area contributed by atoms with E-state index in [4.69, 9.17) is 5.11 Å². The highest BCUT2D eigenvalue weighted by Gasteiger charge is 2.10. The molecule has 0 saturated heterocycles. The van der Waals surface area contributed by atoms with E-state index in [0.717, 1.165) is 10.0 Å². The summed E-state index contributed by atoms with van der Waals surface area (Å²) >= 11 is 3.33. The van der Waals surface area contributed by atoms with Crippen LogP contribution in [0.2, 0.25) is 0 Å². The van der Waals surface area contributed by atoms with E-state index in [9.17, 15) is 9.59 Å². The molecule has 0 aliphatic heterocycles. The summed E-state index contributed by atoms with van der Waals surface area (Å²) in [7, 11) is 0. The van der Waals surface area contributed by atoms with E-state index in [0.29, 0.717) is 6.54 Å². The SMILES string of the molecule is O=C(O)c1cncc(C(=O)NCc2ccc(Br)cc2)c1. The zero-order valence-corrected chi connectivity index (χ0v) is 11.9. The Labute approximate surface area is 123 Å². The summed E-state index contributed by atoms with van der Waals surface area (Å²) in [4.78, 5) is 26.5. The fraction of sp³-hybridized carbons (Fsp3) is 0.0714. The standard InChI is InChI=1S/C14H11BrN2O3/c15-12-3-1-9(2-4-12)6-17-13(18)10-5-11(14(19)20)8-16-7-10/h1-5,7-8H,6H2,(H,17,18)(H,19,20). The van der Waals surface area contributed by atoms with Crippen molar-refractivity contribution in [3.8, 4) is 0 Å². The van der Waals surface area contributed by atoms with Crippen LogP contribution in [-0.4, -0.2) is 22.0 Å². The number of hydrogen-bond donors (Lipinski definition) is 2. The zero-order valence-electron chi connectivity index (χ0n) is 10.3. The van der Waals surface area contributed by atoms with Gasteiger partial charge in [0.1, 0.15) is 0 Å². The average Bonchev–Trinajstić information content (AvgIpc) is 2.46. The molecule has 20 heavy (non-hydrogen) atoms. The molecule has 0 fully saturated rings. The van der Waals surface area contributed by atoms with Crippen LogP contribution in [0.15, 0.2) is 47.2 Å². The summed E-state index contributed by atoms with van der Waals surface area (Å²) in [5.41, 5.74) is 1.16. The number of benzene rings is 1. The number of halogens is 1. The van der Waals surface area contributed by atoms with E-state index < -0.39 is 5.97 Å². The van der Waals surface area contributed by atoms with Gasteiger partial charge in [-0.2, -0.15) is 0 Å². The number of rotatable bonds is 4. The minimum atomic E-state index is -1.11. The third-order valence-electron chi connectivity index (χ3n) is 2.61. The van der Waals surface area contributed by atoms with Crippen LogP contribution in [0.25, 0.3) is 0 Å². The fourth-order valence-electron chi connectivity index (χ4n) is 1.57.